The van der Waals surface area contributed by atoms with Gasteiger partial charge in [0.1, 0.15) is 5.82 Å². The van der Waals surface area contributed by atoms with Gasteiger partial charge in [0.2, 0.25) is 0 Å². The van der Waals surface area contributed by atoms with Crippen LogP contribution in [0, 0.1) is 11.7 Å². The number of benzene rings is 1. The lowest BCUT2D eigenvalue weighted by molar-refractivity contribution is 0.170. The van der Waals surface area contributed by atoms with Crippen molar-refractivity contribution in [2.24, 2.45) is 5.92 Å². The topological polar surface area (TPSA) is 15.3 Å². The van der Waals surface area contributed by atoms with Crippen LogP contribution >= 0.6 is 0 Å². The predicted octanol–water partition coefficient (Wildman–Crippen LogP) is 3.47. The second kappa shape index (κ2) is 7.90. The molecule has 0 aliphatic carbocycles. The maximum atomic E-state index is 13.0. The molecule has 118 valence electrons. The first-order chi connectivity index (χ1) is 10.0. The first-order valence-corrected chi connectivity index (χ1v) is 8.26. The lowest BCUT2D eigenvalue weighted by Gasteiger charge is -2.33. The summed E-state index contributed by atoms with van der Waals surface area (Å²) in [4.78, 5) is 2.59. The smallest absolute Gasteiger partial charge is 0.123 e. The number of hydrogen-bond acceptors (Lipinski definition) is 2. The predicted molar refractivity (Wildman–Crippen MR) is 87.0 cm³/mol. The van der Waals surface area contributed by atoms with E-state index in [1.54, 1.807) is 12.1 Å². The molecule has 3 heteroatoms. The van der Waals surface area contributed by atoms with E-state index in [4.69, 9.17) is 0 Å². The number of hydrogen-bond donors (Lipinski definition) is 1. The van der Waals surface area contributed by atoms with Crippen LogP contribution in [0.25, 0.3) is 0 Å². The van der Waals surface area contributed by atoms with Gasteiger partial charge in [-0.3, -0.25) is 4.90 Å². The lowest BCUT2D eigenvalue weighted by Crippen LogP contribution is -2.44. The molecule has 1 heterocycles. The van der Waals surface area contributed by atoms with Gasteiger partial charge in [-0.25, -0.2) is 4.39 Å². The zero-order chi connectivity index (χ0) is 15.2. The maximum absolute atomic E-state index is 13.0. The van der Waals surface area contributed by atoms with Crippen molar-refractivity contribution in [2.45, 2.75) is 52.1 Å². The van der Waals surface area contributed by atoms with Crippen molar-refractivity contribution in [3.63, 3.8) is 0 Å². The fraction of sp³-hybridized carbons (Fsp3) is 0.667. The minimum absolute atomic E-state index is 0.152. The molecule has 1 fully saturated rings. The minimum atomic E-state index is -0.152. The van der Waals surface area contributed by atoms with Gasteiger partial charge >= 0.3 is 0 Å². The highest BCUT2D eigenvalue weighted by Crippen LogP contribution is 2.15. The number of nitrogens with zero attached hydrogens (tertiary/aromatic N) is 1. The zero-order valence-electron chi connectivity index (χ0n) is 13.6. The van der Waals surface area contributed by atoms with Crippen molar-refractivity contribution in [1.29, 1.82) is 0 Å². The molecule has 1 saturated heterocycles. The molecule has 0 bridgehead atoms. The molecule has 1 aliphatic heterocycles. The van der Waals surface area contributed by atoms with Gasteiger partial charge in [-0.2, -0.15) is 0 Å². The van der Waals surface area contributed by atoms with Crippen LogP contribution in [0.3, 0.4) is 0 Å². The quantitative estimate of drug-likeness (QED) is 0.828. The zero-order valence-corrected chi connectivity index (χ0v) is 13.6. The Morgan fingerprint density at radius 3 is 2.52 bits per heavy atom. The summed E-state index contributed by atoms with van der Waals surface area (Å²) in [5, 5.41) is 3.60. The SMILES string of the molecule is CC(C)CN(CC1CCCN1)C(C)Cc1ccc(F)cc1. The largest absolute Gasteiger partial charge is 0.313 e. The Bertz CT molecular complexity index is 410. The van der Waals surface area contributed by atoms with Crippen LogP contribution in [-0.2, 0) is 6.42 Å². The summed E-state index contributed by atoms with van der Waals surface area (Å²) >= 11 is 0. The molecule has 0 saturated carbocycles. The molecule has 1 aliphatic rings. The molecule has 2 atom stereocenters. The summed E-state index contributed by atoms with van der Waals surface area (Å²) < 4.78 is 13.0. The van der Waals surface area contributed by atoms with Crippen molar-refractivity contribution in [1.82, 2.24) is 10.2 Å². The van der Waals surface area contributed by atoms with Crippen molar-refractivity contribution in [3.8, 4) is 0 Å². The van der Waals surface area contributed by atoms with E-state index in [-0.39, 0.29) is 5.82 Å². The van der Waals surface area contributed by atoms with Gasteiger partial charge in [-0.05, 0) is 56.3 Å². The Kier molecular flexibility index (Phi) is 6.19. The van der Waals surface area contributed by atoms with Crippen LogP contribution in [0.4, 0.5) is 4.39 Å². The Morgan fingerprint density at radius 2 is 1.95 bits per heavy atom. The van der Waals surface area contributed by atoms with Crippen LogP contribution in [0.2, 0.25) is 0 Å². The monoisotopic (exact) mass is 292 g/mol. The maximum Gasteiger partial charge on any atom is 0.123 e. The van der Waals surface area contributed by atoms with E-state index in [2.05, 4.69) is 31.0 Å². The summed E-state index contributed by atoms with van der Waals surface area (Å²) in [5.41, 5.74) is 1.22. The van der Waals surface area contributed by atoms with Crippen LogP contribution < -0.4 is 5.32 Å². The van der Waals surface area contributed by atoms with Crippen LogP contribution in [0.1, 0.15) is 39.2 Å². The Balaban J connectivity index is 1.95. The standard InChI is InChI=1S/C18H29FN2/c1-14(2)12-21(13-18-5-4-10-20-18)15(3)11-16-6-8-17(19)9-7-16/h6-9,14-15,18,20H,4-5,10-13H2,1-3H3. The van der Waals surface area contributed by atoms with Gasteiger partial charge < -0.3 is 5.32 Å². The average molecular weight is 292 g/mol. The van der Waals surface area contributed by atoms with E-state index >= 15 is 0 Å². The van der Waals surface area contributed by atoms with Gasteiger partial charge in [0.25, 0.3) is 0 Å². The van der Waals surface area contributed by atoms with E-state index in [9.17, 15) is 4.39 Å². The fourth-order valence-corrected chi connectivity index (χ4v) is 3.19. The third-order valence-electron chi connectivity index (χ3n) is 4.28. The molecule has 1 aromatic carbocycles. The van der Waals surface area contributed by atoms with Gasteiger partial charge in [0, 0.05) is 25.2 Å². The summed E-state index contributed by atoms with van der Waals surface area (Å²) in [5.74, 6) is 0.516. The Labute approximate surface area is 128 Å². The molecule has 2 unspecified atom stereocenters. The Hall–Kier alpha value is -0.930. The van der Waals surface area contributed by atoms with Crippen LogP contribution in [-0.4, -0.2) is 36.6 Å². The van der Waals surface area contributed by atoms with E-state index in [1.807, 2.05) is 12.1 Å². The molecule has 2 nitrogen and oxygen atoms in total. The van der Waals surface area contributed by atoms with Gasteiger partial charge in [-0.1, -0.05) is 26.0 Å². The van der Waals surface area contributed by atoms with Crippen molar-refractivity contribution in [2.75, 3.05) is 19.6 Å². The van der Waals surface area contributed by atoms with Crippen molar-refractivity contribution >= 4 is 0 Å². The molecule has 1 aromatic rings. The third kappa shape index (κ3) is 5.40. The summed E-state index contributed by atoms with van der Waals surface area (Å²) in [6.45, 7) is 10.3. The highest BCUT2D eigenvalue weighted by Gasteiger charge is 2.22. The van der Waals surface area contributed by atoms with Gasteiger partial charge in [-0.15, -0.1) is 0 Å². The van der Waals surface area contributed by atoms with Gasteiger partial charge in [0.15, 0.2) is 0 Å². The fourth-order valence-electron chi connectivity index (χ4n) is 3.19. The summed E-state index contributed by atoms with van der Waals surface area (Å²) in [6, 6.07) is 8.07. The second-order valence-corrected chi connectivity index (χ2v) is 6.82. The number of rotatable bonds is 7. The van der Waals surface area contributed by atoms with Crippen molar-refractivity contribution in [3.05, 3.63) is 35.6 Å². The van der Waals surface area contributed by atoms with E-state index in [0.717, 1.165) is 26.1 Å². The molecular weight excluding hydrogens is 263 g/mol. The normalized spacial score (nSPS) is 20.4. The number of nitrogens with one attached hydrogen (secondary N) is 1. The van der Waals surface area contributed by atoms with Gasteiger partial charge in [0.05, 0.1) is 0 Å². The van der Waals surface area contributed by atoms with Crippen molar-refractivity contribution < 1.29 is 4.39 Å². The molecule has 0 amide bonds. The molecule has 0 radical (unpaired) electrons. The lowest BCUT2D eigenvalue weighted by atomic mass is 10.0. The molecule has 21 heavy (non-hydrogen) atoms. The second-order valence-electron chi connectivity index (χ2n) is 6.82. The molecule has 0 spiro atoms. The molecule has 1 N–H and O–H groups in total. The van der Waals surface area contributed by atoms with E-state index in [1.165, 1.54) is 18.4 Å². The summed E-state index contributed by atoms with van der Waals surface area (Å²) in [7, 11) is 0. The molecule has 0 aromatic heterocycles. The Morgan fingerprint density at radius 1 is 1.24 bits per heavy atom. The molecular formula is C18H29FN2. The van der Waals surface area contributed by atoms with E-state index < -0.39 is 0 Å². The minimum Gasteiger partial charge on any atom is -0.313 e. The average Bonchev–Trinajstić information content (AvgIpc) is 2.93. The van der Waals surface area contributed by atoms with E-state index in [0.29, 0.717) is 18.0 Å². The number of halogens is 1. The highest BCUT2D eigenvalue weighted by atomic mass is 19.1. The van der Waals surface area contributed by atoms with Crippen LogP contribution in [0.5, 0.6) is 0 Å². The third-order valence-corrected chi connectivity index (χ3v) is 4.28. The first kappa shape index (κ1) is 16.4. The molecule has 2 rings (SSSR count). The first-order valence-electron chi connectivity index (χ1n) is 8.26. The highest BCUT2D eigenvalue weighted by molar-refractivity contribution is 5.17. The summed E-state index contributed by atoms with van der Waals surface area (Å²) in [6.07, 6.45) is 3.57. The van der Waals surface area contributed by atoms with Crippen LogP contribution in [0.15, 0.2) is 24.3 Å².